The number of benzene rings is 2. The summed E-state index contributed by atoms with van der Waals surface area (Å²) in [6, 6.07) is 17.4. The number of carbonyl (C=O) groups excluding carboxylic acids is 1. The number of carbonyl (C=O) groups is 1. The molecule has 0 spiro atoms. The summed E-state index contributed by atoms with van der Waals surface area (Å²) in [6.45, 7) is 5.70. The van der Waals surface area contributed by atoms with Gasteiger partial charge in [0.05, 0.1) is 0 Å². The SMILES string of the molecule is Cc1cccc(OC(C)C(=O)Nc2cc(-c3nc4cccnc4s3)ccc2C)c1. The van der Waals surface area contributed by atoms with E-state index in [0.29, 0.717) is 5.75 Å². The van der Waals surface area contributed by atoms with Crippen molar-refractivity contribution in [1.82, 2.24) is 9.97 Å². The Morgan fingerprint density at radius 1 is 1.10 bits per heavy atom. The Labute approximate surface area is 173 Å². The van der Waals surface area contributed by atoms with Crippen LogP contribution in [-0.2, 0) is 4.79 Å². The number of pyridine rings is 1. The van der Waals surface area contributed by atoms with E-state index in [-0.39, 0.29) is 5.91 Å². The predicted molar refractivity (Wildman–Crippen MR) is 117 cm³/mol. The van der Waals surface area contributed by atoms with Gasteiger partial charge in [-0.15, -0.1) is 0 Å². The first-order valence-corrected chi connectivity index (χ1v) is 10.2. The molecule has 1 atom stereocenters. The molecule has 0 saturated heterocycles. The molecular formula is C23H21N3O2S. The zero-order valence-electron chi connectivity index (χ0n) is 16.5. The van der Waals surface area contributed by atoms with E-state index < -0.39 is 6.10 Å². The summed E-state index contributed by atoms with van der Waals surface area (Å²) in [6.07, 6.45) is 1.15. The molecule has 1 unspecified atom stereocenters. The van der Waals surface area contributed by atoms with Gasteiger partial charge in [0, 0.05) is 17.4 Å². The summed E-state index contributed by atoms with van der Waals surface area (Å²) < 4.78 is 5.79. The number of amides is 1. The van der Waals surface area contributed by atoms with Crippen molar-refractivity contribution in [3.8, 4) is 16.3 Å². The van der Waals surface area contributed by atoms with E-state index in [1.54, 1.807) is 13.1 Å². The molecule has 5 nitrogen and oxygen atoms in total. The number of ether oxygens (including phenoxy) is 1. The van der Waals surface area contributed by atoms with Crippen molar-refractivity contribution in [2.24, 2.45) is 0 Å². The third-order valence-corrected chi connectivity index (χ3v) is 5.61. The predicted octanol–water partition coefficient (Wildman–Crippen LogP) is 5.38. The molecule has 1 amide bonds. The largest absolute Gasteiger partial charge is 0.481 e. The standard InChI is InChI=1S/C23H21N3O2S/c1-14-6-4-7-18(12-14)28-16(3)21(27)25-20-13-17(10-9-15(20)2)22-26-19-8-5-11-24-23(19)29-22/h4-13,16H,1-3H3,(H,25,27). The van der Waals surface area contributed by atoms with Gasteiger partial charge in [-0.2, -0.15) is 0 Å². The Balaban J connectivity index is 1.53. The minimum Gasteiger partial charge on any atom is -0.481 e. The highest BCUT2D eigenvalue weighted by Crippen LogP contribution is 2.31. The summed E-state index contributed by atoms with van der Waals surface area (Å²) in [5.74, 6) is 0.484. The van der Waals surface area contributed by atoms with Crippen LogP contribution in [0.5, 0.6) is 5.75 Å². The average molecular weight is 404 g/mol. The van der Waals surface area contributed by atoms with Crippen LogP contribution >= 0.6 is 11.3 Å². The second-order valence-electron chi connectivity index (χ2n) is 6.94. The van der Waals surface area contributed by atoms with Gasteiger partial charge in [0.15, 0.2) is 6.10 Å². The first-order valence-electron chi connectivity index (χ1n) is 9.36. The fourth-order valence-electron chi connectivity index (χ4n) is 2.96. The summed E-state index contributed by atoms with van der Waals surface area (Å²) in [7, 11) is 0. The summed E-state index contributed by atoms with van der Waals surface area (Å²) in [5.41, 5.74) is 4.63. The van der Waals surface area contributed by atoms with Crippen molar-refractivity contribution >= 4 is 33.3 Å². The van der Waals surface area contributed by atoms with Crippen LogP contribution in [0.25, 0.3) is 20.9 Å². The molecule has 2 heterocycles. The van der Waals surface area contributed by atoms with Crippen LogP contribution in [-0.4, -0.2) is 22.0 Å². The molecule has 0 aliphatic rings. The molecule has 0 radical (unpaired) electrons. The number of thiazole rings is 1. The van der Waals surface area contributed by atoms with Gasteiger partial charge in [-0.05, 0) is 62.2 Å². The molecule has 0 aliphatic carbocycles. The number of rotatable bonds is 5. The van der Waals surface area contributed by atoms with Gasteiger partial charge in [0.1, 0.15) is 21.1 Å². The molecule has 0 aliphatic heterocycles. The first-order chi connectivity index (χ1) is 14.0. The normalized spacial score (nSPS) is 12.0. The fraction of sp³-hybridized carbons (Fsp3) is 0.174. The molecule has 4 rings (SSSR count). The van der Waals surface area contributed by atoms with Crippen molar-refractivity contribution in [3.05, 3.63) is 71.9 Å². The number of hydrogen-bond acceptors (Lipinski definition) is 5. The van der Waals surface area contributed by atoms with Gasteiger partial charge < -0.3 is 10.1 Å². The third-order valence-electron chi connectivity index (χ3n) is 4.58. The minimum absolute atomic E-state index is 0.197. The Bertz CT molecular complexity index is 1150. The monoisotopic (exact) mass is 403 g/mol. The van der Waals surface area contributed by atoms with Crippen LogP contribution < -0.4 is 10.1 Å². The highest BCUT2D eigenvalue weighted by atomic mass is 32.1. The zero-order chi connectivity index (χ0) is 20.4. The molecule has 1 N–H and O–H groups in total. The minimum atomic E-state index is -0.619. The lowest BCUT2D eigenvalue weighted by molar-refractivity contribution is -0.122. The first kappa shape index (κ1) is 19.1. The number of anilines is 1. The Morgan fingerprint density at radius 2 is 1.97 bits per heavy atom. The summed E-state index contributed by atoms with van der Waals surface area (Å²) >= 11 is 1.53. The topological polar surface area (TPSA) is 64.1 Å². The van der Waals surface area contributed by atoms with Gasteiger partial charge in [-0.25, -0.2) is 9.97 Å². The van der Waals surface area contributed by atoms with Gasteiger partial charge in [-0.1, -0.05) is 35.6 Å². The van der Waals surface area contributed by atoms with Crippen LogP contribution in [0.3, 0.4) is 0 Å². The van der Waals surface area contributed by atoms with E-state index in [0.717, 1.165) is 37.7 Å². The molecule has 4 aromatic rings. The number of aromatic nitrogens is 2. The smallest absolute Gasteiger partial charge is 0.265 e. The number of nitrogens with zero attached hydrogens (tertiary/aromatic N) is 2. The van der Waals surface area contributed by atoms with Crippen LogP contribution in [0.1, 0.15) is 18.1 Å². The maximum atomic E-state index is 12.7. The lowest BCUT2D eigenvalue weighted by Gasteiger charge is -2.16. The van der Waals surface area contributed by atoms with Gasteiger partial charge in [0.2, 0.25) is 0 Å². The molecule has 2 aromatic heterocycles. The van der Waals surface area contributed by atoms with E-state index in [9.17, 15) is 4.79 Å². The van der Waals surface area contributed by atoms with Crippen molar-refractivity contribution in [2.45, 2.75) is 26.9 Å². The molecule has 0 bridgehead atoms. The Hall–Kier alpha value is -3.25. The fourth-order valence-corrected chi connectivity index (χ4v) is 3.87. The molecule has 6 heteroatoms. The molecular weight excluding hydrogens is 382 g/mol. The number of nitrogens with one attached hydrogen (secondary N) is 1. The zero-order valence-corrected chi connectivity index (χ0v) is 17.3. The number of aryl methyl sites for hydroxylation is 2. The van der Waals surface area contributed by atoms with Crippen molar-refractivity contribution in [1.29, 1.82) is 0 Å². The third kappa shape index (κ3) is 4.27. The molecule has 2 aromatic carbocycles. The van der Waals surface area contributed by atoms with E-state index >= 15 is 0 Å². The Morgan fingerprint density at radius 3 is 2.76 bits per heavy atom. The van der Waals surface area contributed by atoms with Gasteiger partial charge in [0.25, 0.3) is 5.91 Å². The number of fused-ring (bicyclic) bond motifs is 1. The second-order valence-corrected chi connectivity index (χ2v) is 7.92. The molecule has 29 heavy (non-hydrogen) atoms. The maximum Gasteiger partial charge on any atom is 0.265 e. The highest BCUT2D eigenvalue weighted by Gasteiger charge is 2.17. The molecule has 146 valence electrons. The lowest BCUT2D eigenvalue weighted by Crippen LogP contribution is -2.30. The summed E-state index contributed by atoms with van der Waals surface area (Å²) in [5, 5.41) is 3.86. The van der Waals surface area contributed by atoms with E-state index in [1.165, 1.54) is 11.3 Å². The Kier molecular flexibility index (Phi) is 5.27. The van der Waals surface area contributed by atoms with Crippen LogP contribution in [0.15, 0.2) is 60.8 Å². The molecule has 0 fully saturated rings. The van der Waals surface area contributed by atoms with Gasteiger partial charge >= 0.3 is 0 Å². The second kappa shape index (κ2) is 8.01. The highest BCUT2D eigenvalue weighted by molar-refractivity contribution is 7.21. The lowest BCUT2D eigenvalue weighted by atomic mass is 10.1. The van der Waals surface area contributed by atoms with Crippen molar-refractivity contribution in [2.75, 3.05) is 5.32 Å². The van der Waals surface area contributed by atoms with Crippen molar-refractivity contribution in [3.63, 3.8) is 0 Å². The summed E-state index contributed by atoms with van der Waals surface area (Å²) in [4.78, 5) is 22.6. The van der Waals surface area contributed by atoms with E-state index in [2.05, 4.69) is 15.3 Å². The van der Waals surface area contributed by atoms with Crippen molar-refractivity contribution < 1.29 is 9.53 Å². The van der Waals surface area contributed by atoms with E-state index in [4.69, 9.17) is 4.74 Å². The van der Waals surface area contributed by atoms with Crippen LogP contribution in [0, 0.1) is 13.8 Å². The van der Waals surface area contributed by atoms with Crippen LogP contribution in [0.2, 0.25) is 0 Å². The average Bonchev–Trinajstić information content (AvgIpc) is 3.14. The maximum absolute atomic E-state index is 12.7. The van der Waals surface area contributed by atoms with Crippen LogP contribution in [0.4, 0.5) is 5.69 Å². The quantitative estimate of drug-likeness (QED) is 0.486. The number of hydrogen-bond donors (Lipinski definition) is 1. The molecule has 0 saturated carbocycles. The van der Waals surface area contributed by atoms with E-state index in [1.807, 2.05) is 68.4 Å². The van der Waals surface area contributed by atoms with Gasteiger partial charge in [-0.3, -0.25) is 4.79 Å².